The summed E-state index contributed by atoms with van der Waals surface area (Å²) in [4.78, 5) is 16.2. The molecular weight excluding hydrogens is 232 g/mol. The molecule has 0 aromatic heterocycles. The summed E-state index contributed by atoms with van der Waals surface area (Å²) in [5, 5.41) is 0. The van der Waals surface area contributed by atoms with Crippen LogP contribution in [0.2, 0.25) is 0 Å². The summed E-state index contributed by atoms with van der Waals surface area (Å²) in [5.41, 5.74) is -0.409. The van der Waals surface area contributed by atoms with Gasteiger partial charge in [0.1, 0.15) is 5.60 Å². The van der Waals surface area contributed by atoms with Crippen LogP contribution in [-0.4, -0.2) is 66.9 Å². The monoisotopic (exact) mass is 256 g/mol. The van der Waals surface area contributed by atoms with Crippen molar-refractivity contribution in [2.24, 2.45) is 0 Å². The van der Waals surface area contributed by atoms with Gasteiger partial charge in [-0.15, -0.1) is 0 Å². The molecule has 0 saturated carbocycles. The van der Waals surface area contributed by atoms with E-state index in [1.807, 2.05) is 25.7 Å². The maximum atomic E-state index is 11.9. The standard InChI is InChI=1S/C13H24N2O3/c1-13(2,3)18-12(16)15-5-4-11(10-15)14-6-8-17-9-7-14/h11H,4-10H2,1-3H3/t11-/m0/s1. The summed E-state index contributed by atoms with van der Waals surface area (Å²) >= 11 is 0. The summed E-state index contributed by atoms with van der Waals surface area (Å²) in [6, 6.07) is 0.474. The third-order valence-electron chi connectivity index (χ3n) is 3.38. The first kappa shape index (κ1) is 13.6. The van der Waals surface area contributed by atoms with E-state index >= 15 is 0 Å². The van der Waals surface area contributed by atoms with Gasteiger partial charge in [0.25, 0.3) is 0 Å². The molecule has 18 heavy (non-hydrogen) atoms. The normalized spacial score (nSPS) is 26.4. The SMILES string of the molecule is CC(C)(C)OC(=O)N1CC[C@H](N2CCOCC2)C1. The maximum Gasteiger partial charge on any atom is 0.410 e. The van der Waals surface area contributed by atoms with Crippen molar-refractivity contribution in [3.63, 3.8) is 0 Å². The van der Waals surface area contributed by atoms with E-state index in [-0.39, 0.29) is 6.09 Å². The molecular formula is C13H24N2O3. The predicted octanol–water partition coefficient (Wildman–Crippen LogP) is 1.33. The van der Waals surface area contributed by atoms with Crippen molar-refractivity contribution >= 4 is 6.09 Å². The second kappa shape index (κ2) is 5.45. The van der Waals surface area contributed by atoms with Crippen molar-refractivity contribution in [3.8, 4) is 0 Å². The Bertz CT molecular complexity index is 295. The van der Waals surface area contributed by atoms with Crippen molar-refractivity contribution < 1.29 is 14.3 Å². The van der Waals surface area contributed by atoms with Gasteiger partial charge in [-0.05, 0) is 27.2 Å². The number of rotatable bonds is 1. The van der Waals surface area contributed by atoms with Crippen LogP contribution in [0, 0.1) is 0 Å². The Balaban J connectivity index is 1.82. The van der Waals surface area contributed by atoms with E-state index in [1.54, 1.807) is 0 Å². The number of nitrogens with zero attached hydrogens (tertiary/aromatic N) is 2. The lowest BCUT2D eigenvalue weighted by Crippen LogP contribution is -2.45. The average Bonchev–Trinajstić information content (AvgIpc) is 2.77. The van der Waals surface area contributed by atoms with Crippen LogP contribution in [-0.2, 0) is 9.47 Å². The topological polar surface area (TPSA) is 42.0 Å². The maximum absolute atomic E-state index is 11.9. The molecule has 0 spiro atoms. The largest absolute Gasteiger partial charge is 0.444 e. The van der Waals surface area contributed by atoms with E-state index < -0.39 is 5.60 Å². The molecule has 0 radical (unpaired) electrons. The third-order valence-corrected chi connectivity index (χ3v) is 3.38. The van der Waals surface area contributed by atoms with E-state index in [1.165, 1.54) is 0 Å². The van der Waals surface area contributed by atoms with Crippen molar-refractivity contribution in [1.29, 1.82) is 0 Å². The minimum absolute atomic E-state index is 0.182. The highest BCUT2D eigenvalue weighted by Crippen LogP contribution is 2.19. The van der Waals surface area contributed by atoms with Crippen LogP contribution in [0.3, 0.4) is 0 Å². The Hall–Kier alpha value is -0.810. The molecule has 2 aliphatic rings. The first-order chi connectivity index (χ1) is 8.46. The fourth-order valence-electron chi connectivity index (χ4n) is 2.47. The zero-order chi connectivity index (χ0) is 13.2. The van der Waals surface area contributed by atoms with Gasteiger partial charge in [0, 0.05) is 32.2 Å². The molecule has 104 valence electrons. The van der Waals surface area contributed by atoms with Gasteiger partial charge in [0.2, 0.25) is 0 Å². The van der Waals surface area contributed by atoms with Gasteiger partial charge in [-0.2, -0.15) is 0 Å². The molecule has 0 N–H and O–H groups in total. The average molecular weight is 256 g/mol. The smallest absolute Gasteiger partial charge is 0.410 e. The molecule has 2 heterocycles. The molecule has 1 atom stereocenters. The van der Waals surface area contributed by atoms with Gasteiger partial charge in [0.05, 0.1) is 13.2 Å². The first-order valence-electron chi connectivity index (χ1n) is 6.75. The van der Waals surface area contributed by atoms with Crippen molar-refractivity contribution in [1.82, 2.24) is 9.80 Å². The molecule has 2 rings (SSSR count). The van der Waals surface area contributed by atoms with Crippen LogP contribution in [0.25, 0.3) is 0 Å². The molecule has 1 amide bonds. The zero-order valence-corrected chi connectivity index (χ0v) is 11.6. The highest BCUT2D eigenvalue weighted by atomic mass is 16.6. The number of carbonyl (C=O) groups is 1. The molecule has 0 unspecified atom stereocenters. The lowest BCUT2D eigenvalue weighted by Gasteiger charge is -2.32. The summed E-state index contributed by atoms with van der Waals surface area (Å²) in [6.45, 7) is 10.9. The van der Waals surface area contributed by atoms with Crippen LogP contribution in [0.5, 0.6) is 0 Å². The lowest BCUT2D eigenvalue weighted by molar-refractivity contribution is 0.0130. The molecule has 5 heteroatoms. The van der Waals surface area contributed by atoms with E-state index in [4.69, 9.17) is 9.47 Å². The van der Waals surface area contributed by atoms with Crippen LogP contribution >= 0.6 is 0 Å². The number of hydrogen-bond donors (Lipinski definition) is 0. The molecule has 2 aliphatic heterocycles. The van der Waals surface area contributed by atoms with Gasteiger partial charge < -0.3 is 14.4 Å². The Morgan fingerprint density at radius 1 is 1.22 bits per heavy atom. The molecule has 0 aromatic carbocycles. The fourth-order valence-corrected chi connectivity index (χ4v) is 2.47. The quantitative estimate of drug-likeness (QED) is 0.710. The Morgan fingerprint density at radius 2 is 1.89 bits per heavy atom. The van der Waals surface area contributed by atoms with Gasteiger partial charge in [0.15, 0.2) is 0 Å². The van der Waals surface area contributed by atoms with Crippen LogP contribution < -0.4 is 0 Å². The number of morpholine rings is 1. The van der Waals surface area contributed by atoms with Crippen LogP contribution in [0.4, 0.5) is 4.79 Å². The minimum Gasteiger partial charge on any atom is -0.444 e. The highest BCUT2D eigenvalue weighted by molar-refractivity contribution is 5.68. The number of ether oxygens (including phenoxy) is 2. The van der Waals surface area contributed by atoms with E-state index in [0.29, 0.717) is 6.04 Å². The molecule has 0 bridgehead atoms. The van der Waals surface area contributed by atoms with Gasteiger partial charge >= 0.3 is 6.09 Å². The number of hydrogen-bond acceptors (Lipinski definition) is 4. The minimum atomic E-state index is -0.409. The van der Waals surface area contributed by atoms with Crippen molar-refractivity contribution in [3.05, 3.63) is 0 Å². The van der Waals surface area contributed by atoms with E-state index in [2.05, 4.69) is 4.90 Å². The van der Waals surface area contributed by atoms with Gasteiger partial charge in [-0.3, -0.25) is 4.90 Å². The fraction of sp³-hybridized carbons (Fsp3) is 0.923. The highest BCUT2D eigenvalue weighted by Gasteiger charge is 2.33. The summed E-state index contributed by atoms with van der Waals surface area (Å²) in [5.74, 6) is 0. The van der Waals surface area contributed by atoms with Crippen LogP contribution in [0.15, 0.2) is 0 Å². The van der Waals surface area contributed by atoms with Crippen molar-refractivity contribution in [2.45, 2.75) is 38.8 Å². The van der Waals surface area contributed by atoms with Crippen LogP contribution in [0.1, 0.15) is 27.2 Å². The summed E-state index contributed by atoms with van der Waals surface area (Å²) in [7, 11) is 0. The Labute approximate surface area is 109 Å². The number of likely N-dealkylation sites (tertiary alicyclic amines) is 1. The lowest BCUT2D eigenvalue weighted by atomic mass is 10.2. The number of amides is 1. The predicted molar refractivity (Wildman–Crippen MR) is 68.6 cm³/mol. The summed E-state index contributed by atoms with van der Waals surface area (Å²) in [6.07, 6.45) is 0.859. The van der Waals surface area contributed by atoms with Gasteiger partial charge in [-0.25, -0.2) is 4.79 Å². The third kappa shape index (κ3) is 3.59. The summed E-state index contributed by atoms with van der Waals surface area (Å²) < 4.78 is 10.8. The second-order valence-electron chi connectivity index (χ2n) is 6.02. The molecule has 2 saturated heterocycles. The van der Waals surface area contributed by atoms with E-state index in [9.17, 15) is 4.79 Å². The molecule has 0 aromatic rings. The zero-order valence-electron chi connectivity index (χ0n) is 11.6. The Kier molecular flexibility index (Phi) is 4.12. The van der Waals surface area contributed by atoms with Crippen molar-refractivity contribution in [2.75, 3.05) is 39.4 Å². The molecule has 5 nitrogen and oxygen atoms in total. The molecule has 0 aliphatic carbocycles. The number of carbonyl (C=O) groups excluding carboxylic acids is 1. The second-order valence-corrected chi connectivity index (χ2v) is 6.02. The molecule has 2 fully saturated rings. The Morgan fingerprint density at radius 3 is 2.50 bits per heavy atom. The first-order valence-corrected chi connectivity index (χ1v) is 6.75. The van der Waals surface area contributed by atoms with Gasteiger partial charge in [-0.1, -0.05) is 0 Å². The van der Waals surface area contributed by atoms with E-state index in [0.717, 1.165) is 45.8 Å².